The van der Waals surface area contributed by atoms with Gasteiger partial charge in [0.05, 0.1) is 0 Å². The highest BCUT2D eigenvalue weighted by Crippen LogP contribution is 2.45. The average molecular weight is 279 g/mol. The van der Waals surface area contributed by atoms with E-state index in [2.05, 4.69) is 19.9 Å². The van der Waals surface area contributed by atoms with E-state index >= 15 is 0 Å². The Hall–Kier alpha value is -1.42. The SMILES string of the molecule is CCCc1cc(CCC)c2c(c1OCCN)OCCO2. The number of ether oxygens (including phenoxy) is 3. The number of fused-ring (bicyclic) bond motifs is 1. The molecule has 0 saturated heterocycles. The molecule has 0 unspecified atom stereocenters. The van der Waals surface area contributed by atoms with Crippen molar-refractivity contribution in [2.75, 3.05) is 26.4 Å². The molecule has 0 aromatic heterocycles. The molecule has 0 radical (unpaired) electrons. The van der Waals surface area contributed by atoms with Crippen LogP contribution in [0.2, 0.25) is 0 Å². The maximum Gasteiger partial charge on any atom is 0.204 e. The Morgan fingerprint density at radius 2 is 1.70 bits per heavy atom. The van der Waals surface area contributed by atoms with Gasteiger partial charge in [0.1, 0.15) is 19.8 Å². The molecule has 0 amide bonds. The van der Waals surface area contributed by atoms with Gasteiger partial charge in [0.15, 0.2) is 11.5 Å². The van der Waals surface area contributed by atoms with Gasteiger partial charge in [0.2, 0.25) is 5.75 Å². The third kappa shape index (κ3) is 3.18. The Labute approximate surface area is 121 Å². The van der Waals surface area contributed by atoms with Crippen LogP contribution in [-0.2, 0) is 12.8 Å². The molecule has 112 valence electrons. The summed E-state index contributed by atoms with van der Waals surface area (Å²) in [6.45, 7) is 6.52. The maximum absolute atomic E-state index is 5.84. The summed E-state index contributed by atoms with van der Waals surface area (Å²) >= 11 is 0. The third-order valence-electron chi connectivity index (χ3n) is 3.32. The Bertz CT molecular complexity index is 446. The van der Waals surface area contributed by atoms with Gasteiger partial charge < -0.3 is 19.9 Å². The largest absolute Gasteiger partial charge is 0.488 e. The van der Waals surface area contributed by atoms with E-state index in [0.29, 0.717) is 26.4 Å². The van der Waals surface area contributed by atoms with Crippen molar-refractivity contribution in [1.82, 2.24) is 0 Å². The number of nitrogens with two attached hydrogens (primary N) is 1. The van der Waals surface area contributed by atoms with Crippen LogP contribution in [0.1, 0.15) is 37.8 Å². The standard InChI is InChI=1S/C16H25NO3/c1-3-5-12-11-13(6-4-2)15-16(20-10-9-19-15)14(12)18-8-7-17/h11H,3-10,17H2,1-2H3. The minimum atomic E-state index is 0.498. The zero-order valence-electron chi connectivity index (χ0n) is 12.5. The molecular weight excluding hydrogens is 254 g/mol. The summed E-state index contributed by atoms with van der Waals surface area (Å²) in [7, 11) is 0. The lowest BCUT2D eigenvalue weighted by Crippen LogP contribution is -2.19. The van der Waals surface area contributed by atoms with E-state index in [9.17, 15) is 0 Å². The molecule has 20 heavy (non-hydrogen) atoms. The van der Waals surface area contributed by atoms with Gasteiger partial charge in [0.25, 0.3) is 0 Å². The van der Waals surface area contributed by atoms with E-state index < -0.39 is 0 Å². The maximum atomic E-state index is 5.84. The van der Waals surface area contributed by atoms with Crippen molar-refractivity contribution >= 4 is 0 Å². The lowest BCUT2D eigenvalue weighted by molar-refractivity contribution is 0.160. The van der Waals surface area contributed by atoms with Gasteiger partial charge in [-0.1, -0.05) is 26.7 Å². The molecule has 4 heteroatoms. The Balaban J connectivity index is 2.45. The van der Waals surface area contributed by atoms with Crippen LogP contribution in [-0.4, -0.2) is 26.4 Å². The van der Waals surface area contributed by atoms with Crippen molar-refractivity contribution in [3.63, 3.8) is 0 Å². The predicted octanol–water partition coefficient (Wildman–Crippen LogP) is 2.70. The fraction of sp³-hybridized carbons (Fsp3) is 0.625. The van der Waals surface area contributed by atoms with E-state index in [0.717, 1.165) is 42.9 Å². The van der Waals surface area contributed by atoms with Gasteiger partial charge in [-0.15, -0.1) is 0 Å². The van der Waals surface area contributed by atoms with Crippen LogP contribution in [0.15, 0.2) is 6.07 Å². The molecule has 1 heterocycles. The van der Waals surface area contributed by atoms with Crippen LogP contribution < -0.4 is 19.9 Å². The van der Waals surface area contributed by atoms with Crippen molar-refractivity contribution in [2.24, 2.45) is 5.73 Å². The molecule has 1 aliphatic heterocycles. The second-order valence-corrected chi connectivity index (χ2v) is 5.02. The Kier molecular flexibility index (Phi) is 5.53. The second kappa shape index (κ2) is 7.39. The summed E-state index contributed by atoms with van der Waals surface area (Å²) < 4.78 is 17.5. The molecule has 0 aliphatic carbocycles. The normalized spacial score (nSPS) is 13.3. The Morgan fingerprint density at radius 1 is 1.05 bits per heavy atom. The lowest BCUT2D eigenvalue weighted by atomic mass is 10.00. The number of aryl methyl sites for hydroxylation is 2. The topological polar surface area (TPSA) is 53.7 Å². The molecule has 1 aliphatic rings. The monoisotopic (exact) mass is 279 g/mol. The fourth-order valence-electron chi connectivity index (χ4n) is 2.54. The van der Waals surface area contributed by atoms with Crippen LogP contribution in [0.4, 0.5) is 0 Å². The van der Waals surface area contributed by atoms with Crippen LogP contribution in [0.5, 0.6) is 17.2 Å². The van der Waals surface area contributed by atoms with E-state index in [-0.39, 0.29) is 0 Å². The van der Waals surface area contributed by atoms with Gasteiger partial charge in [-0.05, 0) is 30.0 Å². The van der Waals surface area contributed by atoms with Gasteiger partial charge in [-0.3, -0.25) is 0 Å². The van der Waals surface area contributed by atoms with Crippen LogP contribution in [0.3, 0.4) is 0 Å². The first-order chi connectivity index (χ1) is 9.81. The Morgan fingerprint density at radius 3 is 2.35 bits per heavy atom. The average Bonchev–Trinajstić information content (AvgIpc) is 2.47. The second-order valence-electron chi connectivity index (χ2n) is 5.02. The number of hydrogen-bond donors (Lipinski definition) is 1. The molecule has 0 atom stereocenters. The minimum Gasteiger partial charge on any atom is -0.488 e. The lowest BCUT2D eigenvalue weighted by Gasteiger charge is -2.25. The van der Waals surface area contributed by atoms with Crippen molar-refractivity contribution in [3.05, 3.63) is 17.2 Å². The van der Waals surface area contributed by atoms with Crippen molar-refractivity contribution in [1.29, 1.82) is 0 Å². The molecule has 0 saturated carbocycles. The molecule has 0 fully saturated rings. The molecule has 4 nitrogen and oxygen atoms in total. The van der Waals surface area contributed by atoms with Crippen molar-refractivity contribution in [2.45, 2.75) is 39.5 Å². The highest BCUT2D eigenvalue weighted by molar-refractivity contribution is 5.60. The van der Waals surface area contributed by atoms with Crippen molar-refractivity contribution in [3.8, 4) is 17.2 Å². The minimum absolute atomic E-state index is 0.498. The van der Waals surface area contributed by atoms with Gasteiger partial charge >= 0.3 is 0 Å². The zero-order valence-corrected chi connectivity index (χ0v) is 12.5. The third-order valence-corrected chi connectivity index (χ3v) is 3.32. The highest BCUT2D eigenvalue weighted by Gasteiger charge is 2.24. The summed E-state index contributed by atoms with van der Waals surface area (Å²) in [4.78, 5) is 0. The first-order valence-corrected chi connectivity index (χ1v) is 7.59. The molecule has 2 rings (SSSR count). The van der Waals surface area contributed by atoms with Gasteiger partial charge in [-0.25, -0.2) is 0 Å². The predicted molar refractivity (Wildman–Crippen MR) is 80.0 cm³/mol. The van der Waals surface area contributed by atoms with E-state index in [1.807, 2.05) is 0 Å². The summed E-state index contributed by atoms with van der Waals surface area (Å²) in [6.07, 6.45) is 4.14. The fourth-order valence-corrected chi connectivity index (χ4v) is 2.54. The molecule has 0 spiro atoms. The first-order valence-electron chi connectivity index (χ1n) is 7.59. The van der Waals surface area contributed by atoms with Crippen molar-refractivity contribution < 1.29 is 14.2 Å². The van der Waals surface area contributed by atoms with E-state index in [1.54, 1.807) is 0 Å². The smallest absolute Gasteiger partial charge is 0.204 e. The summed E-state index contributed by atoms with van der Waals surface area (Å²) in [5.74, 6) is 2.47. The number of benzene rings is 1. The van der Waals surface area contributed by atoms with Crippen LogP contribution >= 0.6 is 0 Å². The summed E-state index contributed by atoms with van der Waals surface area (Å²) in [5, 5.41) is 0. The molecule has 2 N–H and O–H groups in total. The summed E-state index contributed by atoms with van der Waals surface area (Å²) in [6, 6.07) is 2.21. The quantitative estimate of drug-likeness (QED) is 0.833. The van der Waals surface area contributed by atoms with E-state index in [4.69, 9.17) is 19.9 Å². The van der Waals surface area contributed by atoms with Crippen LogP contribution in [0, 0.1) is 0 Å². The highest BCUT2D eigenvalue weighted by atomic mass is 16.6. The first kappa shape index (κ1) is 15.0. The molecular formula is C16H25NO3. The number of rotatable bonds is 7. The number of hydrogen-bond acceptors (Lipinski definition) is 4. The van der Waals surface area contributed by atoms with Gasteiger partial charge in [0, 0.05) is 6.54 Å². The van der Waals surface area contributed by atoms with Gasteiger partial charge in [-0.2, -0.15) is 0 Å². The summed E-state index contributed by atoms with van der Waals surface area (Å²) in [5.41, 5.74) is 7.99. The zero-order chi connectivity index (χ0) is 14.4. The van der Waals surface area contributed by atoms with E-state index in [1.165, 1.54) is 11.1 Å². The van der Waals surface area contributed by atoms with Crippen LogP contribution in [0.25, 0.3) is 0 Å². The molecule has 0 bridgehead atoms. The molecule has 1 aromatic rings. The molecule has 1 aromatic carbocycles.